The Kier molecular flexibility index (Phi) is 12.2. The van der Waals surface area contributed by atoms with Gasteiger partial charge in [-0.3, -0.25) is 0 Å². The SMILES string of the molecule is CC1CC(C(C(N)CCCCCN)(C2CCC(N)C(C)C2)C(C2CCC(N)CC2)C2CCC(N)CC2)CCC1N. The van der Waals surface area contributed by atoms with Crippen molar-refractivity contribution in [3.63, 3.8) is 0 Å². The number of hydrogen-bond acceptors (Lipinski definition) is 6. The molecule has 0 aliphatic heterocycles. The highest BCUT2D eigenvalue weighted by atomic mass is 14.8. The molecule has 4 saturated carbocycles. The zero-order chi connectivity index (χ0) is 28.9. The van der Waals surface area contributed by atoms with Gasteiger partial charge >= 0.3 is 0 Å². The second-order valence-corrected chi connectivity index (χ2v) is 15.4. The van der Waals surface area contributed by atoms with Gasteiger partial charge < -0.3 is 34.4 Å². The van der Waals surface area contributed by atoms with Crippen LogP contribution in [0, 0.1) is 46.8 Å². The van der Waals surface area contributed by atoms with E-state index in [1.54, 1.807) is 0 Å². The molecule has 0 aromatic carbocycles. The molecule has 0 aromatic heterocycles. The summed E-state index contributed by atoms with van der Waals surface area (Å²) in [5, 5.41) is 0. The van der Waals surface area contributed by atoms with E-state index < -0.39 is 0 Å². The van der Waals surface area contributed by atoms with Crippen LogP contribution in [-0.4, -0.2) is 36.8 Å². The summed E-state index contributed by atoms with van der Waals surface area (Å²) in [5.74, 6) is 4.54. The van der Waals surface area contributed by atoms with E-state index >= 15 is 0 Å². The zero-order valence-electron chi connectivity index (χ0n) is 26.3. The largest absolute Gasteiger partial charge is 0.330 e. The van der Waals surface area contributed by atoms with Crippen molar-refractivity contribution in [3.8, 4) is 0 Å². The minimum atomic E-state index is 0.143. The van der Waals surface area contributed by atoms with Crippen molar-refractivity contribution in [2.24, 2.45) is 81.2 Å². The van der Waals surface area contributed by atoms with Gasteiger partial charge in [0, 0.05) is 30.2 Å². The summed E-state index contributed by atoms with van der Waals surface area (Å²) in [7, 11) is 0. The topological polar surface area (TPSA) is 156 Å². The van der Waals surface area contributed by atoms with E-state index in [1.165, 1.54) is 89.9 Å². The first kappa shape index (κ1) is 32.7. The van der Waals surface area contributed by atoms with Crippen LogP contribution in [-0.2, 0) is 0 Å². The highest BCUT2D eigenvalue weighted by Crippen LogP contribution is 2.62. The maximum atomic E-state index is 7.78. The predicted octanol–water partition coefficient (Wildman–Crippen LogP) is 5.00. The Balaban J connectivity index is 1.82. The molecule has 40 heavy (non-hydrogen) atoms. The highest BCUT2D eigenvalue weighted by molar-refractivity contribution is 5.10. The molecule has 0 saturated heterocycles. The average Bonchev–Trinajstić information content (AvgIpc) is 2.94. The van der Waals surface area contributed by atoms with Crippen LogP contribution in [0.25, 0.3) is 0 Å². The molecular formula is C34H68N6. The maximum absolute atomic E-state index is 7.78. The monoisotopic (exact) mass is 561 g/mol. The summed E-state index contributed by atoms with van der Waals surface area (Å²) in [6.45, 7) is 5.62. The Bertz CT molecular complexity index is 682. The number of unbranched alkanes of at least 4 members (excludes halogenated alkanes) is 2. The molecule has 0 bridgehead atoms. The fourth-order valence-electron chi connectivity index (χ4n) is 10.6. The Morgan fingerprint density at radius 2 is 1.05 bits per heavy atom. The molecule has 7 atom stereocenters. The molecule has 4 aliphatic carbocycles. The summed E-state index contributed by atoms with van der Waals surface area (Å²) >= 11 is 0. The van der Waals surface area contributed by atoms with Crippen LogP contribution < -0.4 is 34.4 Å². The lowest BCUT2D eigenvalue weighted by atomic mass is 9.43. The number of hydrogen-bond donors (Lipinski definition) is 6. The minimum Gasteiger partial charge on any atom is -0.330 e. The Morgan fingerprint density at radius 3 is 1.45 bits per heavy atom. The third kappa shape index (κ3) is 7.27. The number of nitrogens with two attached hydrogens (primary N) is 6. The lowest BCUT2D eigenvalue weighted by Gasteiger charge is -2.63. The van der Waals surface area contributed by atoms with Gasteiger partial charge in [0.25, 0.3) is 0 Å². The van der Waals surface area contributed by atoms with Crippen molar-refractivity contribution in [3.05, 3.63) is 0 Å². The Hall–Kier alpha value is -0.240. The van der Waals surface area contributed by atoms with E-state index in [0.29, 0.717) is 53.8 Å². The van der Waals surface area contributed by atoms with Crippen molar-refractivity contribution >= 4 is 0 Å². The molecule has 6 heteroatoms. The van der Waals surface area contributed by atoms with Crippen LogP contribution in [0.15, 0.2) is 0 Å². The van der Waals surface area contributed by atoms with Gasteiger partial charge in [-0.05, 0) is 156 Å². The first-order valence-electron chi connectivity index (χ1n) is 17.7. The Labute approximate surface area is 247 Å². The predicted molar refractivity (Wildman–Crippen MR) is 170 cm³/mol. The van der Waals surface area contributed by atoms with Crippen molar-refractivity contribution in [1.82, 2.24) is 0 Å². The third-order valence-corrected chi connectivity index (χ3v) is 13.0. The van der Waals surface area contributed by atoms with E-state index in [9.17, 15) is 0 Å². The normalized spacial score (nSPS) is 42.6. The molecule has 4 aliphatic rings. The fourth-order valence-corrected chi connectivity index (χ4v) is 10.6. The molecule has 0 amide bonds. The highest BCUT2D eigenvalue weighted by Gasteiger charge is 2.59. The molecule has 0 radical (unpaired) electrons. The van der Waals surface area contributed by atoms with E-state index in [-0.39, 0.29) is 11.5 Å². The van der Waals surface area contributed by atoms with Crippen molar-refractivity contribution in [2.45, 2.75) is 160 Å². The van der Waals surface area contributed by atoms with Crippen LogP contribution in [0.1, 0.15) is 129 Å². The van der Waals surface area contributed by atoms with E-state index in [2.05, 4.69) is 13.8 Å². The fraction of sp³-hybridized carbons (Fsp3) is 1.00. The van der Waals surface area contributed by atoms with E-state index in [4.69, 9.17) is 34.4 Å². The Morgan fingerprint density at radius 1 is 0.600 bits per heavy atom. The van der Waals surface area contributed by atoms with Crippen LogP contribution in [0.5, 0.6) is 0 Å². The minimum absolute atomic E-state index is 0.143. The zero-order valence-corrected chi connectivity index (χ0v) is 26.3. The van der Waals surface area contributed by atoms with Crippen LogP contribution in [0.2, 0.25) is 0 Å². The van der Waals surface area contributed by atoms with E-state index in [1.807, 2.05) is 0 Å². The first-order valence-corrected chi connectivity index (χ1v) is 17.7. The molecule has 0 aromatic rings. The van der Waals surface area contributed by atoms with Crippen LogP contribution in [0.3, 0.4) is 0 Å². The first-order chi connectivity index (χ1) is 19.2. The molecule has 6 nitrogen and oxygen atoms in total. The van der Waals surface area contributed by atoms with Gasteiger partial charge in [0.05, 0.1) is 0 Å². The van der Waals surface area contributed by atoms with Crippen LogP contribution in [0.4, 0.5) is 0 Å². The lowest BCUT2D eigenvalue weighted by Crippen LogP contribution is -2.63. The summed E-state index contributed by atoms with van der Waals surface area (Å²) < 4.78 is 0. The standard InChI is InChI=1S/C34H68N6/c1-22-20-26(11-17-30(22)38)34(32(40)6-4-3-5-19-35,27-12-18-31(39)23(2)21-27)33(24-7-13-28(36)14-8-24)25-9-15-29(37)16-10-25/h22-33H,3-21,35-40H2,1-2H3. The molecule has 12 N–H and O–H groups in total. The lowest BCUT2D eigenvalue weighted by molar-refractivity contribution is -0.125. The van der Waals surface area contributed by atoms with Crippen molar-refractivity contribution in [1.29, 1.82) is 0 Å². The number of rotatable bonds is 11. The van der Waals surface area contributed by atoms with Gasteiger partial charge in [0.15, 0.2) is 0 Å². The average molecular weight is 561 g/mol. The molecule has 4 fully saturated rings. The second kappa shape index (κ2) is 15.0. The van der Waals surface area contributed by atoms with Crippen LogP contribution >= 0.6 is 0 Å². The second-order valence-electron chi connectivity index (χ2n) is 15.4. The van der Waals surface area contributed by atoms with E-state index in [0.717, 1.165) is 44.1 Å². The molecular weight excluding hydrogens is 492 g/mol. The van der Waals surface area contributed by atoms with Gasteiger partial charge in [-0.15, -0.1) is 0 Å². The summed E-state index contributed by atoms with van der Waals surface area (Å²) in [5.41, 5.74) is 40.3. The van der Waals surface area contributed by atoms with Gasteiger partial charge in [-0.1, -0.05) is 26.7 Å². The molecule has 234 valence electrons. The van der Waals surface area contributed by atoms with Gasteiger partial charge in [-0.25, -0.2) is 0 Å². The van der Waals surface area contributed by atoms with Crippen molar-refractivity contribution < 1.29 is 0 Å². The summed E-state index contributed by atoms with van der Waals surface area (Å²) in [6, 6.07) is 1.62. The van der Waals surface area contributed by atoms with Gasteiger partial charge in [0.2, 0.25) is 0 Å². The molecule has 4 rings (SSSR count). The smallest absolute Gasteiger partial charge is 0.0104 e. The van der Waals surface area contributed by atoms with Gasteiger partial charge in [-0.2, -0.15) is 0 Å². The molecule has 0 heterocycles. The van der Waals surface area contributed by atoms with Crippen molar-refractivity contribution in [2.75, 3.05) is 6.54 Å². The molecule has 0 spiro atoms. The summed E-state index contributed by atoms with van der Waals surface area (Å²) in [6.07, 6.45) is 21.7. The van der Waals surface area contributed by atoms with Gasteiger partial charge in [0.1, 0.15) is 0 Å². The summed E-state index contributed by atoms with van der Waals surface area (Å²) in [4.78, 5) is 0. The quantitative estimate of drug-likeness (QED) is 0.195. The molecule has 7 unspecified atom stereocenters. The maximum Gasteiger partial charge on any atom is 0.0104 e. The third-order valence-electron chi connectivity index (χ3n) is 13.0.